The zero-order valence-corrected chi connectivity index (χ0v) is 17.8. The van der Waals surface area contributed by atoms with E-state index in [9.17, 15) is 14.0 Å². The van der Waals surface area contributed by atoms with Crippen molar-refractivity contribution in [3.63, 3.8) is 0 Å². The van der Waals surface area contributed by atoms with Gasteiger partial charge >= 0.3 is 0 Å². The molecule has 164 valence electrons. The molecule has 2 N–H and O–H groups in total. The van der Waals surface area contributed by atoms with E-state index in [0.717, 1.165) is 16.7 Å². The molecular formula is C26H26FN3O2. The molecule has 0 radical (unpaired) electrons. The Kier molecular flexibility index (Phi) is 6.30. The van der Waals surface area contributed by atoms with E-state index in [0.29, 0.717) is 37.9 Å². The van der Waals surface area contributed by atoms with Gasteiger partial charge in [0.1, 0.15) is 5.82 Å². The van der Waals surface area contributed by atoms with Gasteiger partial charge in [-0.15, -0.1) is 0 Å². The lowest BCUT2D eigenvalue weighted by Crippen LogP contribution is -2.50. The van der Waals surface area contributed by atoms with Crippen LogP contribution in [-0.4, -0.2) is 34.8 Å². The van der Waals surface area contributed by atoms with Crippen molar-refractivity contribution in [2.24, 2.45) is 11.1 Å². The number of piperidine rings is 1. The number of carbonyl (C=O) groups is 2. The summed E-state index contributed by atoms with van der Waals surface area (Å²) < 4.78 is 13.4. The van der Waals surface area contributed by atoms with Crippen LogP contribution in [0.2, 0.25) is 0 Å². The molecule has 2 aromatic carbocycles. The maximum atomic E-state index is 13.4. The molecule has 0 spiro atoms. The second-order valence-corrected chi connectivity index (χ2v) is 8.44. The molecule has 2 heterocycles. The van der Waals surface area contributed by atoms with Crippen LogP contribution in [0.15, 0.2) is 73.1 Å². The monoisotopic (exact) mass is 431 g/mol. The lowest BCUT2D eigenvalue weighted by Gasteiger charge is -2.40. The van der Waals surface area contributed by atoms with E-state index in [1.807, 2.05) is 36.4 Å². The maximum absolute atomic E-state index is 13.4. The van der Waals surface area contributed by atoms with Gasteiger partial charge in [-0.3, -0.25) is 14.6 Å². The zero-order chi connectivity index (χ0) is 22.6. The Morgan fingerprint density at radius 3 is 2.22 bits per heavy atom. The van der Waals surface area contributed by atoms with E-state index in [2.05, 4.69) is 4.98 Å². The van der Waals surface area contributed by atoms with E-state index in [-0.39, 0.29) is 24.1 Å². The average molecular weight is 432 g/mol. The minimum absolute atomic E-state index is 0.0598. The summed E-state index contributed by atoms with van der Waals surface area (Å²) in [6, 6.07) is 18.1. The Hall–Kier alpha value is -3.54. The Labute approximate surface area is 187 Å². The van der Waals surface area contributed by atoms with Crippen molar-refractivity contribution in [3.8, 4) is 11.1 Å². The maximum Gasteiger partial charge on any atom is 0.226 e. The number of aromatic nitrogens is 1. The first-order valence-electron chi connectivity index (χ1n) is 10.8. The normalized spacial score (nSPS) is 15.3. The third-order valence-corrected chi connectivity index (χ3v) is 6.35. The summed E-state index contributed by atoms with van der Waals surface area (Å²) in [7, 11) is 0. The molecule has 3 aromatic rings. The number of hydrogen-bond acceptors (Lipinski definition) is 3. The third-order valence-electron chi connectivity index (χ3n) is 6.35. The molecule has 0 saturated carbocycles. The minimum atomic E-state index is -0.673. The first-order valence-corrected chi connectivity index (χ1v) is 10.8. The Morgan fingerprint density at radius 1 is 0.938 bits per heavy atom. The molecule has 1 fully saturated rings. The molecule has 0 bridgehead atoms. The minimum Gasteiger partial charge on any atom is -0.369 e. The largest absolute Gasteiger partial charge is 0.369 e. The summed E-state index contributed by atoms with van der Waals surface area (Å²) in [6.45, 7) is 0.929. The molecule has 4 rings (SSSR count). The fourth-order valence-corrected chi connectivity index (χ4v) is 4.38. The van der Waals surface area contributed by atoms with Gasteiger partial charge in [0, 0.05) is 25.5 Å². The summed E-state index contributed by atoms with van der Waals surface area (Å²) in [5, 5.41) is 0. The second kappa shape index (κ2) is 9.30. The molecule has 6 heteroatoms. The van der Waals surface area contributed by atoms with Gasteiger partial charge < -0.3 is 10.6 Å². The molecule has 1 saturated heterocycles. The van der Waals surface area contributed by atoms with Gasteiger partial charge in [0.2, 0.25) is 11.8 Å². The van der Waals surface area contributed by atoms with Gasteiger partial charge in [-0.2, -0.15) is 0 Å². The highest BCUT2D eigenvalue weighted by Gasteiger charge is 2.40. The Bertz CT molecular complexity index is 1090. The lowest BCUT2D eigenvalue weighted by molar-refractivity contribution is -0.138. The number of halogens is 1. The quantitative estimate of drug-likeness (QED) is 0.646. The fourth-order valence-electron chi connectivity index (χ4n) is 4.38. The van der Waals surface area contributed by atoms with Crippen LogP contribution in [0.25, 0.3) is 11.1 Å². The number of rotatable bonds is 6. The van der Waals surface area contributed by atoms with Crippen LogP contribution in [0.5, 0.6) is 0 Å². The predicted molar refractivity (Wildman–Crippen MR) is 121 cm³/mol. The fraction of sp³-hybridized carbons (Fsp3) is 0.269. The van der Waals surface area contributed by atoms with Crippen molar-refractivity contribution in [2.45, 2.75) is 25.7 Å². The number of likely N-dealkylation sites (tertiary alicyclic amines) is 1. The first kappa shape index (κ1) is 21.7. The number of nitrogens with two attached hydrogens (primary N) is 1. The van der Waals surface area contributed by atoms with Crippen molar-refractivity contribution in [1.82, 2.24) is 9.88 Å². The van der Waals surface area contributed by atoms with Crippen LogP contribution >= 0.6 is 0 Å². The molecule has 5 nitrogen and oxygen atoms in total. The van der Waals surface area contributed by atoms with Gasteiger partial charge in [-0.05, 0) is 65.8 Å². The Balaban J connectivity index is 1.41. The first-order chi connectivity index (χ1) is 15.4. The van der Waals surface area contributed by atoms with Crippen molar-refractivity contribution < 1.29 is 14.0 Å². The standard InChI is InChI=1S/C26H26FN3O2/c27-23-3-1-2-20(16-23)17-24(31)30-14-10-26(11-15-30,25(28)32)18-19-4-6-21(7-5-19)22-8-12-29-13-9-22/h1-9,12-13,16H,10-11,14-15,17-18H2,(H2,28,32). The molecule has 1 aliphatic rings. The number of primary amides is 1. The summed E-state index contributed by atoms with van der Waals surface area (Å²) >= 11 is 0. The number of nitrogens with zero attached hydrogens (tertiary/aromatic N) is 2. The number of pyridine rings is 1. The number of carbonyl (C=O) groups excluding carboxylic acids is 2. The number of amides is 2. The van der Waals surface area contributed by atoms with Crippen LogP contribution < -0.4 is 5.73 Å². The van der Waals surface area contributed by atoms with Gasteiger partial charge in [0.25, 0.3) is 0 Å². The van der Waals surface area contributed by atoms with Crippen molar-refractivity contribution in [1.29, 1.82) is 0 Å². The molecule has 2 amide bonds. The van der Waals surface area contributed by atoms with Crippen LogP contribution in [0.1, 0.15) is 24.0 Å². The molecule has 32 heavy (non-hydrogen) atoms. The van der Waals surface area contributed by atoms with Gasteiger partial charge in [-0.25, -0.2) is 4.39 Å². The topological polar surface area (TPSA) is 76.3 Å². The van der Waals surface area contributed by atoms with E-state index in [1.54, 1.807) is 29.4 Å². The van der Waals surface area contributed by atoms with E-state index < -0.39 is 5.41 Å². The van der Waals surface area contributed by atoms with E-state index in [4.69, 9.17) is 5.73 Å². The third kappa shape index (κ3) is 4.85. The highest BCUT2D eigenvalue weighted by molar-refractivity contribution is 5.83. The van der Waals surface area contributed by atoms with Crippen LogP contribution in [-0.2, 0) is 22.4 Å². The van der Waals surface area contributed by atoms with Gasteiger partial charge in [-0.1, -0.05) is 36.4 Å². The number of hydrogen-bond donors (Lipinski definition) is 1. The van der Waals surface area contributed by atoms with Gasteiger partial charge in [0.05, 0.1) is 11.8 Å². The molecule has 0 aliphatic carbocycles. The number of benzene rings is 2. The van der Waals surface area contributed by atoms with Crippen molar-refractivity contribution in [2.75, 3.05) is 13.1 Å². The summed E-state index contributed by atoms with van der Waals surface area (Å²) in [6.07, 6.45) is 5.25. The Morgan fingerprint density at radius 2 is 1.59 bits per heavy atom. The summed E-state index contributed by atoms with van der Waals surface area (Å²) in [5.74, 6) is -0.736. The van der Waals surface area contributed by atoms with Crippen LogP contribution in [0.4, 0.5) is 4.39 Å². The molecule has 0 atom stereocenters. The molecule has 0 unspecified atom stereocenters. The molecular weight excluding hydrogens is 405 g/mol. The second-order valence-electron chi connectivity index (χ2n) is 8.44. The van der Waals surface area contributed by atoms with Crippen molar-refractivity contribution in [3.05, 3.63) is 90.0 Å². The smallest absolute Gasteiger partial charge is 0.226 e. The average Bonchev–Trinajstić information content (AvgIpc) is 2.80. The lowest BCUT2D eigenvalue weighted by atomic mass is 9.73. The zero-order valence-electron chi connectivity index (χ0n) is 17.8. The van der Waals surface area contributed by atoms with E-state index in [1.165, 1.54) is 12.1 Å². The van der Waals surface area contributed by atoms with Crippen LogP contribution in [0.3, 0.4) is 0 Å². The highest BCUT2D eigenvalue weighted by atomic mass is 19.1. The van der Waals surface area contributed by atoms with Gasteiger partial charge in [0.15, 0.2) is 0 Å². The summed E-state index contributed by atoms with van der Waals surface area (Å²) in [5.41, 5.74) is 9.03. The summed E-state index contributed by atoms with van der Waals surface area (Å²) in [4.78, 5) is 30.9. The van der Waals surface area contributed by atoms with Crippen LogP contribution in [0, 0.1) is 11.2 Å². The highest BCUT2D eigenvalue weighted by Crippen LogP contribution is 2.35. The SMILES string of the molecule is NC(=O)C1(Cc2ccc(-c3ccncc3)cc2)CCN(C(=O)Cc2cccc(F)c2)CC1. The predicted octanol–water partition coefficient (Wildman–Crippen LogP) is 3.77. The van der Waals surface area contributed by atoms with E-state index >= 15 is 0 Å². The van der Waals surface area contributed by atoms with Crippen molar-refractivity contribution >= 4 is 11.8 Å². The molecule has 1 aromatic heterocycles. The molecule has 1 aliphatic heterocycles.